The Hall–Kier alpha value is -1.35. The minimum atomic E-state index is 0.805. The molecule has 0 aromatic carbocycles. The van der Waals surface area contributed by atoms with Gasteiger partial charge in [0.1, 0.15) is 5.65 Å². The van der Waals surface area contributed by atoms with Gasteiger partial charge in [0.2, 0.25) is 0 Å². The van der Waals surface area contributed by atoms with E-state index >= 15 is 0 Å². The topological polar surface area (TPSA) is 26.5 Å². The molecule has 0 fully saturated rings. The van der Waals surface area contributed by atoms with Crippen LogP contribution in [0.4, 0.5) is 0 Å². The normalized spacial score (nSPS) is 11.1. The largest absolute Gasteiger partial charge is 0.385 e. The zero-order valence-electron chi connectivity index (χ0n) is 9.23. The molecule has 0 bridgehead atoms. The van der Waals surface area contributed by atoms with E-state index < -0.39 is 0 Å². The molecule has 3 heteroatoms. The minimum absolute atomic E-state index is 0.805. The Morgan fingerprint density at radius 2 is 2.33 bits per heavy atom. The molecule has 2 heterocycles. The first kappa shape index (κ1) is 10.2. The summed E-state index contributed by atoms with van der Waals surface area (Å²) in [5.41, 5.74) is 3.53. The van der Waals surface area contributed by atoms with Crippen LogP contribution in [0.3, 0.4) is 0 Å². The number of hydrogen-bond donors (Lipinski definition) is 0. The van der Waals surface area contributed by atoms with E-state index in [4.69, 9.17) is 4.74 Å². The van der Waals surface area contributed by atoms with Crippen LogP contribution < -0.4 is 0 Å². The zero-order chi connectivity index (χ0) is 10.7. The average Bonchev–Trinajstić information content (AvgIpc) is 2.64. The highest BCUT2D eigenvalue weighted by Gasteiger charge is 2.03. The van der Waals surface area contributed by atoms with Crippen LogP contribution in [0.1, 0.15) is 17.7 Å². The van der Waals surface area contributed by atoms with E-state index in [1.54, 1.807) is 7.11 Å². The fourth-order valence-electron chi connectivity index (χ4n) is 1.78. The lowest BCUT2D eigenvalue weighted by molar-refractivity contribution is 0.195. The second-order valence-corrected chi connectivity index (χ2v) is 3.73. The summed E-state index contributed by atoms with van der Waals surface area (Å²) in [6.07, 6.45) is 6.08. The summed E-state index contributed by atoms with van der Waals surface area (Å²) < 4.78 is 7.20. The summed E-state index contributed by atoms with van der Waals surface area (Å²) in [6.45, 7) is 2.89. The van der Waals surface area contributed by atoms with Crippen molar-refractivity contribution in [1.29, 1.82) is 0 Å². The number of hydrogen-bond acceptors (Lipinski definition) is 2. The monoisotopic (exact) mass is 204 g/mol. The summed E-state index contributed by atoms with van der Waals surface area (Å²) in [7, 11) is 1.73. The molecule has 0 aliphatic carbocycles. The number of methoxy groups -OCH3 is 1. The van der Waals surface area contributed by atoms with E-state index in [2.05, 4.69) is 34.6 Å². The van der Waals surface area contributed by atoms with Crippen LogP contribution >= 0.6 is 0 Å². The van der Waals surface area contributed by atoms with Crippen LogP contribution in [-0.2, 0) is 11.2 Å². The second kappa shape index (κ2) is 4.45. The van der Waals surface area contributed by atoms with Crippen molar-refractivity contribution in [3.63, 3.8) is 0 Å². The van der Waals surface area contributed by atoms with Gasteiger partial charge in [-0.1, -0.05) is 6.07 Å². The lowest BCUT2D eigenvalue weighted by Crippen LogP contribution is -1.97. The van der Waals surface area contributed by atoms with E-state index in [9.17, 15) is 0 Å². The summed E-state index contributed by atoms with van der Waals surface area (Å²) in [4.78, 5) is 4.42. The van der Waals surface area contributed by atoms with Gasteiger partial charge in [-0.3, -0.25) is 0 Å². The molecule has 80 valence electrons. The highest BCUT2D eigenvalue weighted by molar-refractivity contribution is 5.48. The quantitative estimate of drug-likeness (QED) is 0.714. The van der Waals surface area contributed by atoms with Gasteiger partial charge in [0.15, 0.2) is 0 Å². The smallest absolute Gasteiger partial charge is 0.139 e. The minimum Gasteiger partial charge on any atom is -0.385 e. The van der Waals surface area contributed by atoms with E-state index in [1.807, 2.05) is 6.20 Å². The maximum Gasteiger partial charge on any atom is 0.139 e. The fraction of sp³-hybridized carbons (Fsp3) is 0.417. The third kappa shape index (κ3) is 2.02. The first-order valence-corrected chi connectivity index (χ1v) is 5.23. The number of pyridine rings is 1. The van der Waals surface area contributed by atoms with Gasteiger partial charge < -0.3 is 9.14 Å². The van der Waals surface area contributed by atoms with Gasteiger partial charge in [-0.15, -0.1) is 0 Å². The van der Waals surface area contributed by atoms with Crippen LogP contribution in [-0.4, -0.2) is 23.1 Å². The van der Waals surface area contributed by atoms with Crippen LogP contribution in [0.5, 0.6) is 0 Å². The van der Waals surface area contributed by atoms with Gasteiger partial charge in [0.25, 0.3) is 0 Å². The van der Waals surface area contributed by atoms with Crippen molar-refractivity contribution in [2.24, 2.45) is 0 Å². The molecule has 0 unspecified atom stereocenters. The van der Waals surface area contributed by atoms with Crippen LogP contribution in [0.25, 0.3) is 5.65 Å². The lowest BCUT2D eigenvalue weighted by Gasteiger charge is -2.02. The molecule has 2 aromatic heterocycles. The summed E-state index contributed by atoms with van der Waals surface area (Å²) in [5, 5.41) is 0. The number of nitrogens with zero attached hydrogens (tertiary/aromatic N) is 2. The van der Waals surface area contributed by atoms with Gasteiger partial charge in [0.05, 0.1) is 0 Å². The van der Waals surface area contributed by atoms with Crippen molar-refractivity contribution < 1.29 is 4.74 Å². The summed E-state index contributed by atoms with van der Waals surface area (Å²) in [6, 6.07) is 4.14. The molecule has 2 aromatic rings. The lowest BCUT2D eigenvalue weighted by atomic mass is 10.2. The Bertz CT molecular complexity index is 448. The number of aromatic nitrogens is 2. The predicted molar refractivity (Wildman–Crippen MR) is 60.1 cm³/mol. The first-order chi connectivity index (χ1) is 7.33. The van der Waals surface area contributed by atoms with E-state index in [0.717, 1.165) is 25.1 Å². The average molecular weight is 204 g/mol. The maximum absolute atomic E-state index is 5.05. The predicted octanol–water partition coefficient (Wildman–Crippen LogP) is 2.22. The molecule has 0 atom stereocenters. The molecule has 0 spiro atoms. The molecule has 0 saturated carbocycles. The van der Waals surface area contributed by atoms with E-state index in [-0.39, 0.29) is 0 Å². The van der Waals surface area contributed by atoms with Crippen molar-refractivity contribution in [2.45, 2.75) is 19.8 Å². The molecule has 0 aliphatic heterocycles. The van der Waals surface area contributed by atoms with Crippen molar-refractivity contribution in [1.82, 2.24) is 9.38 Å². The Labute approximate surface area is 89.7 Å². The highest BCUT2D eigenvalue weighted by atomic mass is 16.5. The van der Waals surface area contributed by atoms with Crippen molar-refractivity contribution in [3.05, 3.63) is 35.8 Å². The third-order valence-corrected chi connectivity index (χ3v) is 2.59. The SMILES string of the molecule is COCCCc1cnc2c(C)cccn12. The Morgan fingerprint density at radius 1 is 1.47 bits per heavy atom. The summed E-state index contributed by atoms with van der Waals surface area (Å²) in [5.74, 6) is 0. The van der Waals surface area contributed by atoms with E-state index in [0.29, 0.717) is 0 Å². The fourth-order valence-corrected chi connectivity index (χ4v) is 1.78. The van der Waals surface area contributed by atoms with Crippen molar-refractivity contribution in [2.75, 3.05) is 13.7 Å². The molecule has 0 aliphatic rings. The van der Waals surface area contributed by atoms with Gasteiger partial charge in [0, 0.05) is 31.8 Å². The van der Waals surface area contributed by atoms with Crippen LogP contribution in [0.15, 0.2) is 24.5 Å². The highest BCUT2D eigenvalue weighted by Crippen LogP contribution is 2.12. The van der Waals surface area contributed by atoms with E-state index in [1.165, 1.54) is 11.3 Å². The maximum atomic E-state index is 5.05. The number of aryl methyl sites for hydroxylation is 2. The van der Waals surface area contributed by atoms with Gasteiger partial charge in [-0.25, -0.2) is 4.98 Å². The Kier molecular flexibility index (Phi) is 3.02. The van der Waals surface area contributed by atoms with Gasteiger partial charge in [-0.05, 0) is 31.4 Å². The number of fused-ring (bicyclic) bond motifs is 1. The molecule has 15 heavy (non-hydrogen) atoms. The molecule has 2 rings (SSSR count). The molecule has 0 amide bonds. The molecule has 3 nitrogen and oxygen atoms in total. The van der Waals surface area contributed by atoms with Crippen molar-refractivity contribution >= 4 is 5.65 Å². The molecule has 0 N–H and O–H groups in total. The molecule has 0 radical (unpaired) electrons. The Morgan fingerprint density at radius 3 is 3.13 bits per heavy atom. The Balaban J connectivity index is 2.25. The molecular weight excluding hydrogens is 188 g/mol. The number of imidazole rings is 1. The third-order valence-electron chi connectivity index (χ3n) is 2.59. The van der Waals surface area contributed by atoms with Gasteiger partial charge >= 0.3 is 0 Å². The molecular formula is C12H16N2O. The summed E-state index contributed by atoms with van der Waals surface area (Å²) >= 11 is 0. The van der Waals surface area contributed by atoms with Crippen molar-refractivity contribution in [3.8, 4) is 0 Å². The second-order valence-electron chi connectivity index (χ2n) is 3.73. The van der Waals surface area contributed by atoms with Crippen LogP contribution in [0.2, 0.25) is 0 Å². The van der Waals surface area contributed by atoms with Gasteiger partial charge in [-0.2, -0.15) is 0 Å². The number of rotatable bonds is 4. The number of ether oxygens (including phenoxy) is 1. The first-order valence-electron chi connectivity index (χ1n) is 5.23. The standard InChI is InChI=1S/C12H16N2O/c1-10-5-3-7-14-11(6-4-8-15-2)9-13-12(10)14/h3,5,7,9H,4,6,8H2,1-2H3. The van der Waals surface area contributed by atoms with Crippen LogP contribution in [0, 0.1) is 6.92 Å². The zero-order valence-corrected chi connectivity index (χ0v) is 9.23. The molecule has 0 saturated heterocycles.